The summed E-state index contributed by atoms with van der Waals surface area (Å²) in [5.74, 6) is 0. The fourth-order valence-electron chi connectivity index (χ4n) is 0.392. The molecule has 4 heteroatoms. The van der Waals surface area contributed by atoms with Gasteiger partial charge in [0.25, 0.3) is 6.43 Å². The van der Waals surface area contributed by atoms with Crippen molar-refractivity contribution in [3.05, 3.63) is 24.0 Å². The minimum absolute atomic E-state index is 0.311. The molecule has 1 aromatic rings. The van der Waals surface area contributed by atoms with Crippen LogP contribution in [-0.4, -0.2) is 10.2 Å². The second-order valence-electron chi connectivity index (χ2n) is 1.39. The van der Waals surface area contributed by atoms with Gasteiger partial charge in [0.05, 0.1) is 0 Å². The zero-order chi connectivity index (χ0) is 6.69. The topological polar surface area (TPSA) is 25.8 Å². The van der Waals surface area contributed by atoms with Gasteiger partial charge < -0.3 is 0 Å². The van der Waals surface area contributed by atoms with Crippen LogP contribution in [0.2, 0.25) is 0 Å². The number of aromatic nitrogens is 2. The maximum atomic E-state index is 11.7. The Balaban J connectivity index is 2.85. The molecule has 0 bridgehead atoms. The predicted molar refractivity (Wildman–Crippen MR) is 25.8 cm³/mol. The Hall–Kier alpha value is -1.06. The highest BCUT2D eigenvalue weighted by Gasteiger charge is 2.06. The van der Waals surface area contributed by atoms with Crippen molar-refractivity contribution < 1.29 is 8.78 Å². The smallest absolute Gasteiger partial charge is 0.203 e. The zero-order valence-electron chi connectivity index (χ0n) is 4.38. The highest BCUT2D eigenvalue weighted by atomic mass is 19.3. The van der Waals surface area contributed by atoms with Crippen LogP contribution in [0.3, 0.4) is 0 Å². The van der Waals surface area contributed by atoms with Gasteiger partial charge in [-0.3, -0.25) is 0 Å². The van der Waals surface area contributed by atoms with Crippen molar-refractivity contribution in [2.45, 2.75) is 6.43 Å². The minimum Gasteiger partial charge on any atom is -0.203 e. The van der Waals surface area contributed by atoms with E-state index in [1.807, 2.05) is 0 Å². The number of alkyl halides is 2. The normalized spacial score (nSPS) is 10.1. The summed E-state index contributed by atoms with van der Waals surface area (Å²) < 4.78 is 23.3. The third kappa shape index (κ3) is 1.42. The van der Waals surface area contributed by atoms with Crippen molar-refractivity contribution in [3.8, 4) is 0 Å². The van der Waals surface area contributed by atoms with Crippen LogP contribution in [0.5, 0.6) is 0 Å². The van der Waals surface area contributed by atoms with Gasteiger partial charge in [0.2, 0.25) is 0 Å². The SMILES string of the molecule is FC(F)c1cc[c]nn1. The van der Waals surface area contributed by atoms with Crippen LogP contribution in [0.4, 0.5) is 8.78 Å². The molecule has 0 aliphatic heterocycles. The van der Waals surface area contributed by atoms with E-state index in [9.17, 15) is 8.78 Å². The summed E-state index contributed by atoms with van der Waals surface area (Å²) in [4.78, 5) is 0. The first kappa shape index (κ1) is 6.07. The van der Waals surface area contributed by atoms with Crippen molar-refractivity contribution in [3.63, 3.8) is 0 Å². The van der Waals surface area contributed by atoms with Crippen molar-refractivity contribution in [2.75, 3.05) is 0 Å². The lowest BCUT2D eigenvalue weighted by atomic mass is 10.4. The molecule has 0 amide bonds. The van der Waals surface area contributed by atoms with Gasteiger partial charge in [-0.2, -0.15) is 0 Å². The van der Waals surface area contributed by atoms with Crippen LogP contribution in [0.25, 0.3) is 0 Å². The molecule has 0 saturated carbocycles. The second-order valence-corrected chi connectivity index (χ2v) is 1.39. The molecule has 0 atom stereocenters. The minimum atomic E-state index is -2.54. The lowest BCUT2D eigenvalue weighted by molar-refractivity contribution is 0.145. The highest BCUT2D eigenvalue weighted by molar-refractivity contribution is 4.98. The molecular weight excluding hydrogens is 126 g/mol. The summed E-state index contributed by atoms with van der Waals surface area (Å²) in [6.07, 6.45) is -0.242. The summed E-state index contributed by atoms with van der Waals surface area (Å²) in [7, 11) is 0. The third-order valence-electron chi connectivity index (χ3n) is 0.775. The molecule has 47 valence electrons. The van der Waals surface area contributed by atoms with Crippen LogP contribution >= 0.6 is 0 Å². The number of hydrogen-bond acceptors (Lipinski definition) is 2. The van der Waals surface area contributed by atoms with Crippen LogP contribution < -0.4 is 0 Å². The Bertz CT molecular complexity index is 176. The maximum Gasteiger partial charge on any atom is 0.282 e. The first-order valence-electron chi connectivity index (χ1n) is 2.28. The van der Waals surface area contributed by atoms with Crippen LogP contribution in [0, 0.1) is 6.20 Å². The van der Waals surface area contributed by atoms with Gasteiger partial charge in [-0.05, 0) is 12.1 Å². The van der Waals surface area contributed by atoms with Gasteiger partial charge >= 0.3 is 0 Å². The van der Waals surface area contributed by atoms with Crippen molar-refractivity contribution >= 4 is 0 Å². The molecule has 1 heterocycles. The Morgan fingerprint density at radius 1 is 1.56 bits per heavy atom. The van der Waals surface area contributed by atoms with E-state index in [0.717, 1.165) is 0 Å². The van der Waals surface area contributed by atoms with Gasteiger partial charge in [0, 0.05) is 0 Å². The maximum absolute atomic E-state index is 11.7. The standard InChI is InChI=1S/C5H3F2N2/c6-5(7)4-2-1-3-8-9-4/h1-2,5H. The van der Waals surface area contributed by atoms with E-state index >= 15 is 0 Å². The first-order valence-corrected chi connectivity index (χ1v) is 2.28. The van der Waals surface area contributed by atoms with Crippen LogP contribution in [0.1, 0.15) is 12.1 Å². The molecule has 9 heavy (non-hydrogen) atoms. The van der Waals surface area contributed by atoms with Crippen LogP contribution in [0.15, 0.2) is 12.1 Å². The summed E-state index contributed by atoms with van der Waals surface area (Å²) in [5, 5.41) is 6.27. The molecule has 0 aliphatic carbocycles. The summed E-state index contributed by atoms with van der Waals surface area (Å²) >= 11 is 0. The first-order chi connectivity index (χ1) is 4.30. The average Bonchev–Trinajstić information content (AvgIpc) is 1.90. The molecule has 0 aliphatic rings. The van der Waals surface area contributed by atoms with Gasteiger partial charge in [-0.25, -0.2) is 8.78 Å². The van der Waals surface area contributed by atoms with Gasteiger partial charge in [0.1, 0.15) is 11.9 Å². The fraction of sp³-hybridized carbons (Fsp3) is 0.200. The molecule has 0 unspecified atom stereocenters. The van der Waals surface area contributed by atoms with Crippen molar-refractivity contribution in [2.24, 2.45) is 0 Å². The third-order valence-corrected chi connectivity index (χ3v) is 0.775. The summed E-state index contributed by atoms with van der Waals surface area (Å²) in [5.41, 5.74) is -0.311. The van der Waals surface area contributed by atoms with E-state index in [1.54, 1.807) is 0 Å². The van der Waals surface area contributed by atoms with Crippen molar-refractivity contribution in [1.29, 1.82) is 0 Å². The van der Waals surface area contributed by atoms with E-state index in [4.69, 9.17) is 0 Å². The molecule has 0 fully saturated rings. The van der Waals surface area contributed by atoms with Gasteiger partial charge in [0.15, 0.2) is 0 Å². The Labute approximate surface area is 50.5 Å². The predicted octanol–water partition coefficient (Wildman–Crippen LogP) is 1.21. The Morgan fingerprint density at radius 3 is 2.67 bits per heavy atom. The summed E-state index contributed by atoms with van der Waals surface area (Å²) in [6, 6.07) is 2.48. The van der Waals surface area contributed by atoms with Gasteiger partial charge in [-0.15, -0.1) is 10.2 Å². The quantitative estimate of drug-likeness (QED) is 0.569. The van der Waals surface area contributed by atoms with Crippen molar-refractivity contribution in [1.82, 2.24) is 10.2 Å². The molecule has 2 nitrogen and oxygen atoms in total. The average molecular weight is 129 g/mol. The largest absolute Gasteiger partial charge is 0.282 e. The lowest BCUT2D eigenvalue weighted by Gasteiger charge is -1.91. The monoisotopic (exact) mass is 129 g/mol. The molecule has 1 radical (unpaired) electrons. The molecule has 0 spiro atoms. The number of rotatable bonds is 1. The number of nitrogens with zero attached hydrogens (tertiary/aromatic N) is 2. The second kappa shape index (κ2) is 2.48. The van der Waals surface area contributed by atoms with E-state index < -0.39 is 6.43 Å². The molecule has 0 aromatic carbocycles. The zero-order valence-corrected chi connectivity index (χ0v) is 4.38. The highest BCUT2D eigenvalue weighted by Crippen LogP contribution is 2.12. The van der Waals surface area contributed by atoms with E-state index in [2.05, 4.69) is 16.4 Å². The van der Waals surface area contributed by atoms with E-state index in [1.165, 1.54) is 12.1 Å². The molecule has 0 saturated heterocycles. The van der Waals surface area contributed by atoms with E-state index in [-0.39, 0.29) is 5.69 Å². The fourth-order valence-corrected chi connectivity index (χ4v) is 0.392. The number of hydrogen-bond donors (Lipinski definition) is 0. The van der Waals surface area contributed by atoms with Crippen LogP contribution in [-0.2, 0) is 0 Å². The molecule has 1 aromatic heterocycles. The Kier molecular flexibility index (Phi) is 1.67. The Morgan fingerprint density at radius 2 is 2.33 bits per heavy atom. The number of halogens is 2. The summed E-state index contributed by atoms with van der Waals surface area (Å²) in [6.45, 7) is 0. The lowest BCUT2D eigenvalue weighted by Crippen LogP contribution is -1.90. The van der Waals surface area contributed by atoms with Gasteiger partial charge in [-0.1, -0.05) is 0 Å². The van der Waals surface area contributed by atoms with E-state index in [0.29, 0.717) is 0 Å². The molecule has 0 N–H and O–H groups in total. The molecular formula is C5H3F2N2. The molecule has 1 rings (SSSR count).